The lowest BCUT2D eigenvalue weighted by Crippen LogP contribution is -2.06. The van der Waals surface area contributed by atoms with Crippen LogP contribution in [0.2, 0.25) is 0 Å². The van der Waals surface area contributed by atoms with E-state index in [9.17, 15) is 9.18 Å². The van der Waals surface area contributed by atoms with Gasteiger partial charge in [0.25, 0.3) is 0 Å². The molecule has 0 spiro atoms. The Hall–Kier alpha value is -2.61. The molecule has 2 aromatic heterocycles. The third-order valence-electron chi connectivity index (χ3n) is 3.77. The van der Waals surface area contributed by atoms with Crippen LogP contribution >= 0.6 is 11.8 Å². The molecule has 0 unspecified atom stereocenters. The van der Waals surface area contributed by atoms with Crippen molar-refractivity contribution in [2.75, 3.05) is 7.11 Å². The molecule has 1 aromatic carbocycles. The summed E-state index contributed by atoms with van der Waals surface area (Å²) < 4.78 is 25.3. The van der Waals surface area contributed by atoms with Gasteiger partial charge in [-0.2, -0.15) is 0 Å². The van der Waals surface area contributed by atoms with Gasteiger partial charge in [0.2, 0.25) is 0 Å². The van der Waals surface area contributed by atoms with Crippen LogP contribution in [0, 0.1) is 12.7 Å². The molecule has 6 nitrogen and oxygen atoms in total. The zero-order valence-corrected chi connectivity index (χ0v) is 14.8. The summed E-state index contributed by atoms with van der Waals surface area (Å²) >= 11 is 1.40. The SMILES string of the molecule is COC(=O)c1cc(F)ccc1CSc1nnc(-c2ccoc2C)n1C. The van der Waals surface area contributed by atoms with E-state index in [-0.39, 0.29) is 5.56 Å². The molecule has 130 valence electrons. The van der Waals surface area contributed by atoms with Gasteiger partial charge in [0, 0.05) is 12.8 Å². The van der Waals surface area contributed by atoms with Crippen LogP contribution < -0.4 is 0 Å². The van der Waals surface area contributed by atoms with Gasteiger partial charge in [-0.15, -0.1) is 10.2 Å². The van der Waals surface area contributed by atoms with E-state index in [0.717, 1.165) is 11.3 Å². The van der Waals surface area contributed by atoms with Crippen LogP contribution in [0.15, 0.2) is 40.1 Å². The third kappa shape index (κ3) is 3.43. The second-order valence-electron chi connectivity index (χ2n) is 5.34. The Morgan fingerprint density at radius 1 is 1.36 bits per heavy atom. The summed E-state index contributed by atoms with van der Waals surface area (Å²) in [6, 6.07) is 5.91. The zero-order chi connectivity index (χ0) is 18.0. The Morgan fingerprint density at radius 2 is 2.16 bits per heavy atom. The van der Waals surface area contributed by atoms with Crippen molar-refractivity contribution in [3.05, 3.63) is 53.2 Å². The smallest absolute Gasteiger partial charge is 0.338 e. The normalized spacial score (nSPS) is 10.9. The quantitative estimate of drug-likeness (QED) is 0.511. The molecule has 0 aliphatic rings. The average molecular weight is 361 g/mol. The van der Waals surface area contributed by atoms with Crippen molar-refractivity contribution in [3.8, 4) is 11.4 Å². The molecule has 0 radical (unpaired) electrons. The number of ether oxygens (including phenoxy) is 1. The van der Waals surface area contributed by atoms with E-state index in [1.807, 2.05) is 24.6 Å². The summed E-state index contributed by atoms with van der Waals surface area (Å²) in [5, 5.41) is 9.06. The molecule has 3 rings (SSSR count). The molecule has 0 N–H and O–H groups in total. The van der Waals surface area contributed by atoms with E-state index in [2.05, 4.69) is 10.2 Å². The van der Waals surface area contributed by atoms with Gasteiger partial charge in [0.1, 0.15) is 11.6 Å². The predicted molar refractivity (Wildman–Crippen MR) is 90.7 cm³/mol. The molecule has 0 bridgehead atoms. The molecule has 0 saturated heterocycles. The van der Waals surface area contributed by atoms with Crippen molar-refractivity contribution < 1.29 is 18.3 Å². The van der Waals surface area contributed by atoms with Crippen LogP contribution in [0.25, 0.3) is 11.4 Å². The highest BCUT2D eigenvalue weighted by molar-refractivity contribution is 7.98. The standard InChI is InChI=1S/C17H16FN3O3S/c1-10-13(6-7-24-10)15-19-20-17(21(15)2)25-9-11-4-5-12(18)8-14(11)16(22)23-3/h4-8H,9H2,1-3H3. The number of hydrogen-bond acceptors (Lipinski definition) is 6. The van der Waals surface area contributed by atoms with Gasteiger partial charge in [-0.1, -0.05) is 17.8 Å². The van der Waals surface area contributed by atoms with Crippen LogP contribution in [0.3, 0.4) is 0 Å². The van der Waals surface area contributed by atoms with Gasteiger partial charge in [-0.05, 0) is 30.7 Å². The van der Waals surface area contributed by atoms with Gasteiger partial charge < -0.3 is 13.7 Å². The molecule has 25 heavy (non-hydrogen) atoms. The first kappa shape index (κ1) is 17.2. The number of methoxy groups -OCH3 is 1. The highest BCUT2D eigenvalue weighted by Crippen LogP contribution is 2.28. The number of benzene rings is 1. The lowest BCUT2D eigenvalue weighted by Gasteiger charge is -2.08. The molecule has 0 aliphatic heterocycles. The molecule has 0 amide bonds. The minimum Gasteiger partial charge on any atom is -0.469 e. The largest absolute Gasteiger partial charge is 0.469 e. The number of thioether (sulfide) groups is 1. The van der Waals surface area contributed by atoms with E-state index in [1.165, 1.54) is 31.0 Å². The molecule has 0 atom stereocenters. The third-order valence-corrected chi connectivity index (χ3v) is 4.84. The summed E-state index contributed by atoms with van der Waals surface area (Å²) in [6.07, 6.45) is 1.60. The van der Waals surface area contributed by atoms with Crippen LogP contribution in [0.5, 0.6) is 0 Å². The predicted octanol–water partition coefficient (Wildman–Crippen LogP) is 3.60. The monoisotopic (exact) mass is 361 g/mol. The maximum absolute atomic E-state index is 13.4. The van der Waals surface area contributed by atoms with Crippen molar-refractivity contribution in [1.29, 1.82) is 0 Å². The fourth-order valence-corrected chi connectivity index (χ4v) is 3.32. The maximum atomic E-state index is 13.4. The molecule has 0 saturated carbocycles. The fraction of sp³-hybridized carbons (Fsp3) is 0.235. The highest BCUT2D eigenvalue weighted by Gasteiger charge is 2.17. The molecular formula is C17H16FN3O3S. The van der Waals surface area contributed by atoms with Crippen molar-refractivity contribution >= 4 is 17.7 Å². The molecule has 3 aromatic rings. The number of carbonyl (C=O) groups is 1. The summed E-state index contributed by atoms with van der Waals surface area (Å²) in [5.74, 6) is 0.842. The van der Waals surface area contributed by atoms with E-state index in [4.69, 9.17) is 9.15 Å². The summed E-state index contributed by atoms with van der Waals surface area (Å²) in [5.41, 5.74) is 1.75. The van der Waals surface area contributed by atoms with E-state index in [1.54, 1.807) is 12.3 Å². The van der Waals surface area contributed by atoms with E-state index < -0.39 is 11.8 Å². The first-order valence-corrected chi connectivity index (χ1v) is 8.43. The average Bonchev–Trinajstić information content (AvgIpc) is 3.18. The number of carbonyl (C=O) groups excluding carboxylic acids is 1. The van der Waals surface area contributed by atoms with Crippen LogP contribution in [-0.2, 0) is 17.5 Å². The lowest BCUT2D eigenvalue weighted by molar-refractivity contribution is 0.0599. The Bertz CT molecular complexity index is 920. The van der Waals surface area contributed by atoms with Crippen molar-refractivity contribution in [2.45, 2.75) is 17.8 Å². The Balaban J connectivity index is 1.83. The van der Waals surface area contributed by atoms with E-state index in [0.29, 0.717) is 22.3 Å². The summed E-state index contributed by atoms with van der Waals surface area (Å²) in [4.78, 5) is 11.8. The number of esters is 1. The Labute approximate surface area is 148 Å². The molecule has 8 heteroatoms. The molecule has 0 aliphatic carbocycles. The van der Waals surface area contributed by atoms with Gasteiger partial charge in [0.05, 0.1) is 24.5 Å². The van der Waals surface area contributed by atoms with Gasteiger partial charge in [-0.3, -0.25) is 0 Å². The fourth-order valence-electron chi connectivity index (χ4n) is 2.41. The van der Waals surface area contributed by atoms with Crippen LogP contribution in [0.1, 0.15) is 21.7 Å². The van der Waals surface area contributed by atoms with Crippen molar-refractivity contribution in [2.24, 2.45) is 7.05 Å². The number of rotatable bonds is 5. The van der Waals surface area contributed by atoms with E-state index >= 15 is 0 Å². The highest BCUT2D eigenvalue weighted by atomic mass is 32.2. The van der Waals surface area contributed by atoms with Crippen LogP contribution in [0.4, 0.5) is 4.39 Å². The number of nitrogens with zero attached hydrogens (tertiary/aromatic N) is 3. The van der Waals surface area contributed by atoms with Gasteiger partial charge in [0.15, 0.2) is 11.0 Å². The maximum Gasteiger partial charge on any atom is 0.338 e. The summed E-state index contributed by atoms with van der Waals surface area (Å²) in [7, 11) is 3.13. The minimum atomic E-state index is -0.567. The van der Waals surface area contributed by atoms with Gasteiger partial charge >= 0.3 is 5.97 Å². The zero-order valence-electron chi connectivity index (χ0n) is 13.9. The van der Waals surface area contributed by atoms with Gasteiger partial charge in [-0.25, -0.2) is 9.18 Å². The van der Waals surface area contributed by atoms with Crippen molar-refractivity contribution in [1.82, 2.24) is 14.8 Å². The number of halogens is 1. The Kier molecular flexibility index (Phi) is 4.89. The number of hydrogen-bond donors (Lipinski definition) is 0. The Morgan fingerprint density at radius 3 is 2.84 bits per heavy atom. The summed E-state index contributed by atoms with van der Waals surface area (Å²) in [6.45, 7) is 1.86. The minimum absolute atomic E-state index is 0.211. The van der Waals surface area contributed by atoms with Crippen molar-refractivity contribution in [3.63, 3.8) is 0 Å². The number of aryl methyl sites for hydroxylation is 1. The lowest BCUT2D eigenvalue weighted by atomic mass is 10.1. The first-order valence-electron chi connectivity index (χ1n) is 7.44. The second kappa shape index (κ2) is 7.10. The topological polar surface area (TPSA) is 70.2 Å². The molecule has 0 fully saturated rings. The second-order valence-corrected chi connectivity index (χ2v) is 6.28. The van der Waals surface area contributed by atoms with Crippen LogP contribution in [-0.4, -0.2) is 27.8 Å². The number of furan rings is 1. The molecule has 2 heterocycles. The number of aromatic nitrogens is 3. The molecular weight excluding hydrogens is 345 g/mol. The first-order chi connectivity index (χ1) is 12.0.